The van der Waals surface area contributed by atoms with Crippen LogP contribution in [0.3, 0.4) is 0 Å². The zero-order valence-electron chi connectivity index (χ0n) is 16.3. The van der Waals surface area contributed by atoms with Gasteiger partial charge in [-0.3, -0.25) is 4.79 Å². The van der Waals surface area contributed by atoms with Gasteiger partial charge in [-0.2, -0.15) is 13.2 Å². The number of amides is 1. The molecule has 4 nitrogen and oxygen atoms in total. The van der Waals surface area contributed by atoms with Gasteiger partial charge in [-0.15, -0.1) is 0 Å². The molecule has 0 spiro atoms. The molecule has 29 heavy (non-hydrogen) atoms. The molecular weight excluding hydrogens is 381 g/mol. The van der Waals surface area contributed by atoms with Crippen LogP contribution < -0.4 is 15.0 Å². The van der Waals surface area contributed by atoms with Crippen LogP contribution in [0.1, 0.15) is 43.4 Å². The van der Waals surface area contributed by atoms with Crippen LogP contribution in [0.4, 0.5) is 18.9 Å². The van der Waals surface area contributed by atoms with E-state index < -0.39 is 17.6 Å². The number of carbonyl (C=O) groups is 1. The maximum Gasteiger partial charge on any atom is 0.416 e. The molecule has 2 aromatic carbocycles. The summed E-state index contributed by atoms with van der Waals surface area (Å²) in [5, 5.41) is 2.81. The number of hydrogen-bond acceptors (Lipinski definition) is 3. The molecule has 1 atom stereocenters. The minimum Gasteiger partial charge on any atom is -0.484 e. The number of rotatable bonds is 6. The summed E-state index contributed by atoms with van der Waals surface area (Å²) in [6.07, 6.45) is -0.753. The molecule has 1 saturated heterocycles. The normalized spacial score (nSPS) is 15.7. The number of anilines is 1. The number of nitrogens with one attached hydrogen (secondary N) is 1. The molecule has 7 heteroatoms. The molecule has 3 rings (SSSR count). The van der Waals surface area contributed by atoms with Crippen molar-refractivity contribution in [2.45, 2.75) is 38.4 Å². The molecule has 1 aliphatic heterocycles. The summed E-state index contributed by atoms with van der Waals surface area (Å²) in [4.78, 5) is 14.5. The Balaban J connectivity index is 1.51. The van der Waals surface area contributed by atoms with Crippen LogP contribution in [-0.4, -0.2) is 25.6 Å². The average Bonchev–Trinajstić information content (AvgIpc) is 2.72. The van der Waals surface area contributed by atoms with Gasteiger partial charge in [0, 0.05) is 18.8 Å². The van der Waals surface area contributed by atoms with Crippen molar-refractivity contribution in [3.63, 3.8) is 0 Å². The zero-order valence-corrected chi connectivity index (χ0v) is 16.3. The Morgan fingerprint density at radius 3 is 2.45 bits per heavy atom. The lowest BCUT2D eigenvalue weighted by molar-refractivity contribution is -0.137. The Morgan fingerprint density at radius 2 is 1.79 bits per heavy atom. The van der Waals surface area contributed by atoms with Crippen LogP contribution >= 0.6 is 0 Å². The number of carbonyl (C=O) groups excluding carboxylic acids is 1. The van der Waals surface area contributed by atoms with Crippen molar-refractivity contribution < 1.29 is 22.7 Å². The zero-order chi connectivity index (χ0) is 20.9. The third-order valence-corrected chi connectivity index (χ3v) is 5.02. The summed E-state index contributed by atoms with van der Waals surface area (Å²) < 4.78 is 43.4. The van der Waals surface area contributed by atoms with E-state index in [1.807, 2.05) is 19.1 Å². The highest BCUT2D eigenvalue weighted by Crippen LogP contribution is 2.31. The fourth-order valence-electron chi connectivity index (χ4n) is 3.40. The first-order valence-corrected chi connectivity index (χ1v) is 9.77. The molecular formula is C22H25F3N2O2. The molecule has 0 aromatic heterocycles. The number of benzene rings is 2. The molecule has 0 bridgehead atoms. The Labute approximate surface area is 168 Å². The second-order valence-electron chi connectivity index (χ2n) is 7.24. The van der Waals surface area contributed by atoms with Gasteiger partial charge < -0.3 is 15.0 Å². The van der Waals surface area contributed by atoms with E-state index in [1.54, 1.807) is 0 Å². The standard InChI is InChI=1S/C22H25F3N2O2/c1-16(17-8-10-19(11-9-17)27-12-3-2-4-13-27)26-21(28)15-29-20-7-5-6-18(14-20)22(23,24)25/h5-11,14,16H,2-4,12-13,15H2,1H3,(H,26,28)/t16-/m1/s1. The summed E-state index contributed by atoms with van der Waals surface area (Å²) in [6, 6.07) is 12.4. The first-order chi connectivity index (χ1) is 13.8. The Kier molecular flexibility index (Phi) is 6.67. The predicted molar refractivity (Wildman–Crippen MR) is 106 cm³/mol. The van der Waals surface area contributed by atoms with Gasteiger partial charge in [0.05, 0.1) is 11.6 Å². The molecule has 156 valence electrons. The second-order valence-corrected chi connectivity index (χ2v) is 7.24. The number of piperidine rings is 1. The third-order valence-electron chi connectivity index (χ3n) is 5.02. The van der Waals surface area contributed by atoms with Gasteiger partial charge >= 0.3 is 6.18 Å². The summed E-state index contributed by atoms with van der Waals surface area (Å²) in [7, 11) is 0. The average molecular weight is 406 g/mol. The van der Waals surface area contributed by atoms with Gasteiger partial charge in [0.2, 0.25) is 0 Å². The van der Waals surface area contributed by atoms with Crippen LogP contribution in [0.25, 0.3) is 0 Å². The Morgan fingerprint density at radius 1 is 1.10 bits per heavy atom. The van der Waals surface area contributed by atoms with Crippen LogP contribution in [0, 0.1) is 0 Å². The fourth-order valence-corrected chi connectivity index (χ4v) is 3.40. The number of halogens is 3. The lowest BCUT2D eigenvalue weighted by atomic mass is 10.1. The van der Waals surface area contributed by atoms with Gasteiger partial charge in [-0.25, -0.2) is 0 Å². The van der Waals surface area contributed by atoms with Crippen molar-refractivity contribution in [3.05, 3.63) is 59.7 Å². The van der Waals surface area contributed by atoms with Crippen LogP contribution in [0.2, 0.25) is 0 Å². The van der Waals surface area contributed by atoms with Crippen molar-refractivity contribution in [1.29, 1.82) is 0 Å². The van der Waals surface area contributed by atoms with E-state index in [0.29, 0.717) is 0 Å². The molecule has 1 aliphatic rings. The maximum atomic E-state index is 12.7. The van der Waals surface area contributed by atoms with E-state index in [2.05, 4.69) is 22.3 Å². The number of hydrogen-bond donors (Lipinski definition) is 1. The van der Waals surface area contributed by atoms with Gasteiger partial charge in [-0.05, 0) is 62.1 Å². The third kappa shape index (κ3) is 5.89. The molecule has 0 radical (unpaired) electrons. The largest absolute Gasteiger partial charge is 0.484 e. The van der Waals surface area contributed by atoms with Crippen LogP contribution in [-0.2, 0) is 11.0 Å². The van der Waals surface area contributed by atoms with E-state index in [9.17, 15) is 18.0 Å². The molecule has 1 fully saturated rings. The summed E-state index contributed by atoms with van der Waals surface area (Å²) >= 11 is 0. The number of alkyl halides is 3. The molecule has 1 amide bonds. The minimum absolute atomic E-state index is 0.00788. The lowest BCUT2D eigenvalue weighted by Gasteiger charge is -2.29. The highest BCUT2D eigenvalue weighted by Gasteiger charge is 2.30. The predicted octanol–water partition coefficient (Wildman–Crippen LogP) is 4.95. The van der Waals surface area contributed by atoms with Gasteiger partial charge in [0.1, 0.15) is 5.75 Å². The van der Waals surface area contributed by atoms with Crippen molar-refractivity contribution in [3.8, 4) is 5.75 Å². The van der Waals surface area contributed by atoms with Crippen molar-refractivity contribution >= 4 is 11.6 Å². The van der Waals surface area contributed by atoms with E-state index in [0.717, 1.165) is 30.8 Å². The van der Waals surface area contributed by atoms with E-state index in [-0.39, 0.29) is 18.4 Å². The first-order valence-electron chi connectivity index (χ1n) is 9.77. The highest BCUT2D eigenvalue weighted by molar-refractivity contribution is 5.78. The summed E-state index contributed by atoms with van der Waals surface area (Å²) in [6.45, 7) is 3.65. The quantitative estimate of drug-likeness (QED) is 0.738. The molecule has 1 N–H and O–H groups in total. The molecule has 2 aromatic rings. The first kappa shape index (κ1) is 21.0. The second kappa shape index (κ2) is 9.20. The fraction of sp³-hybridized carbons (Fsp3) is 0.409. The Hall–Kier alpha value is -2.70. The summed E-state index contributed by atoms with van der Waals surface area (Å²) in [5.74, 6) is -0.386. The van der Waals surface area contributed by atoms with E-state index in [1.165, 1.54) is 37.1 Å². The van der Waals surface area contributed by atoms with Crippen molar-refractivity contribution in [2.75, 3.05) is 24.6 Å². The van der Waals surface area contributed by atoms with Crippen molar-refractivity contribution in [1.82, 2.24) is 5.32 Å². The molecule has 0 saturated carbocycles. The topological polar surface area (TPSA) is 41.6 Å². The van der Waals surface area contributed by atoms with Gasteiger partial charge in [0.15, 0.2) is 6.61 Å². The van der Waals surface area contributed by atoms with Crippen LogP contribution in [0.15, 0.2) is 48.5 Å². The van der Waals surface area contributed by atoms with Gasteiger partial charge in [0.25, 0.3) is 5.91 Å². The molecule has 0 unspecified atom stereocenters. The minimum atomic E-state index is -4.45. The molecule has 0 aliphatic carbocycles. The molecule has 1 heterocycles. The SMILES string of the molecule is C[C@@H](NC(=O)COc1cccc(C(F)(F)F)c1)c1ccc(N2CCCCC2)cc1. The lowest BCUT2D eigenvalue weighted by Crippen LogP contribution is -2.31. The smallest absolute Gasteiger partial charge is 0.416 e. The van der Waals surface area contributed by atoms with E-state index >= 15 is 0 Å². The highest BCUT2D eigenvalue weighted by atomic mass is 19.4. The number of nitrogens with zero attached hydrogens (tertiary/aromatic N) is 1. The summed E-state index contributed by atoms with van der Waals surface area (Å²) in [5.41, 5.74) is 1.33. The van der Waals surface area contributed by atoms with E-state index in [4.69, 9.17) is 4.74 Å². The number of ether oxygens (including phenoxy) is 1. The van der Waals surface area contributed by atoms with Gasteiger partial charge in [-0.1, -0.05) is 18.2 Å². The maximum absolute atomic E-state index is 12.7. The monoisotopic (exact) mass is 406 g/mol. The van der Waals surface area contributed by atoms with Crippen LogP contribution in [0.5, 0.6) is 5.75 Å². The Bertz CT molecular complexity index is 816. The van der Waals surface area contributed by atoms with Crippen molar-refractivity contribution in [2.24, 2.45) is 0 Å².